The highest BCUT2D eigenvalue weighted by atomic mass is 16.5. The molecule has 2 fully saturated rings. The van der Waals surface area contributed by atoms with Crippen LogP contribution in [0.3, 0.4) is 0 Å². The summed E-state index contributed by atoms with van der Waals surface area (Å²) in [4.78, 5) is 11.4. The zero-order valence-electron chi connectivity index (χ0n) is 12.0. The molecule has 0 N–H and O–H groups in total. The van der Waals surface area contributed by atoms with Crippen LogP contribution in [0.4, 0.5) is 0 Å². The number of hydrogen-bond acceptors (Lipinski definition) is 3. The van der Waals surface area contributed by atoms with E-state index in [-0.39, 0.29) is 11.0 Å². The lowest BCUT2D eigenvalue weighted by molar-refractivity contribution is -0.160. The molecule has 0 amide bonds. The van der Waals surface area contributed by atoms with Gasteiger partial charge < -0.3 is 14.3 Å². The molecule has 18 heavy (non-hydrogen) atoms. The first-order valence-corrected chi connectivity index (χ1v) is 7.15. The van der Waals surface area contributed by atoms with E-state index in [1.165, 1.54) is 0 Å². The summed E-state index contributed by atoms with van der Waals surface area (Å²) in [5, 5.41) is 0. The minimum Gasteiger partial charge on any atom is -0.381 e. The number of Topliss-reactive ketones (excluding diaryl/α,β-unsaturated/α-hetero) is 1. The van der Waals surface area contributed by atoms with Gasteiger partial charge in [-0.05, 0) is 43.9 Å². The standard InChI is InChI=1S/C15H26O3/c1-12(16)10-14(2,3)13-4-7-18-15(11-13)5-8-17-9-6-15/h13H,4-11H2,1-3H3. The molecule has 0 aromatic heterocycles. The molecule has 2 aliphatic rings. The molecule has 2 heterocycles. The second kappa shape index (κ2) is 5.30. The van der Waals surface area contributed by atoms with Crippen molar-refractivity contribution < 1.29 is 14.3 Å². The van der Waals surface area contributed by atoms with Crippen LogP contribution in [0.15, 0.2) is 0 Å². The monoisotopic (exact) mass is 254 g/mol. The van der Waals surface area contributed by atoms with Crippen LogP contribution in [-0.2, 0) is 14.3 Å². The number of carbonyl (C=O) groups excluding carboxylic acids is 1. The van der Waals surface area contributed by atoms with Crippen molar-refractivity contribution in [3.8, 4) is 0 Å². The lowest BCUT2D eigenvalue weighted by atomic mass is 9.67. The summed E-state index contributed by atoms with van der Waals surface area (Å²) < 4.78 is 11.5. The summed E-state index contributed by atoms with van der Waals surface area (Å²) in [6.45, 7) is 8.64. The molecule has 2 aliphatic heterocycles. The van der Waals surface area contributed by atoms with Crippen molar-refractivity contribution >= 4 is 5.78 Å². The van der Waals surface area contributed by atoms with Gasteiger partial charge >= 0.3 is 0 Å². The van der Waals surface area contributed by atoms with Gasteiger partial charge in [0.15, 0.2) is 0 Å². The van der Waals surface area contributed by atoms with Crippen LogP contribution in [0.2, 0.25) is 0 Å². The van der Waals surface area contributed by atoms with Crippen LogP contribution >= 0.6 is 0 Å². The fourth-order valence-electron chi connectivity index (χ4n) is 3.57. The lowest BCUT2D eigenvalue weighted by Gasteiger charge is -2.47. The molecular weight excluding hydrogens is 228 g/mol. The molecule has 1 unspecified atom stereocenters. The van der Waals surface area contributed by atoms with E-state index in [4.69, 9.17) is 9.47 Å². The molecule has 3 heteroatoms. The molecule has 2 saturated heterocycles. The Morgan fingerprint density at radius 1 is 1.28 bits per heavy atom. The predicted molar refractivity (Wildman–Crippen MR) is 70.5 cm³/mol. The first kappa shape index (κ1) is 14.0. The normalized spacial score (nSPS) is 28.3. The third kappa shape index (κ3) is 3.12. The Labute approximate surface area is 110 Å². The van der Waals surface area contributed by atoms with E-state index in [0.717, 1.165) is 45.5 Å². The first-order valence-electron chi connectivity index (χ1n) is 7.15. The second-order valence-corrected chi connectivity index (χ2v) is 6.70. The Hall–Kier alpha value is -0.410. The summed E-state index contributed by atoms with van der Waals surface area (Å²) in [6, 6.07) is 0. The predicted octanol–water partition coefficient (Wildman–Crippen LogP) is 2.97. The smallest absolute Gasteiger partial charge is 0.130 e. The summed E-state index contributed by atoms with van der Waals surface area (Å²) in [7, 11) is 0. The Bertz CT molecular complexity index is 297. The number of rotatable bonds is 3. The van der Waals surface area contributed by atoms with Crippen molar-refractivity contribution in [2.45, 2.75) is 58.5 Å². The molecule has 0 aromatic carbocycles. The van der Waals surface area contributed by atoms with Gasteiger partial charge in [-0.25, -0.2) is 0 Å². The first-order chi connectivity index (χ1) is 8.44. The molecule has 0 saturated carbocycles. The summed E-state index contributed by atoms with van der Waals surface area (Å²) in [6.07, 6.45) is 4.89. The molecule has 2 rings (SSSR count). The van der Waals surface area contributed by atoms with E-state index in [1.807, 2.05) is 0 Å². The number of carbonyl (C=O) groups is 1. The quantitative estimate of drug-likeness (QED) is 0.776. The van der Waals surface area contributed by atoms with Gasteiger partial charge in [0.05, 0.1) is 5.60 Å². The van der Waals surface area contributed by atoms with E-state index < -0.39 is 0 Å². The van der Waals surface area contributed by atoms with Gasteiger partial charge in [0, 0.05) is 26.2 Å². The maximum absolute atomic E-state index is 11.4. The molecule has 1 atom stereocenters. The maximum Gasteiger partial charge on any atom is 0.130 e. The van der Waals surface area contributed by atoms with Crippen LogP contribution in [0.5, 0.6) is 0 Å². The molecule has 0 aromatic rings. The molecular formula is C15H26O3. The number of hydrogen-bond donors (Lipinski definition) is 0. The van der Waals surface area contributed by atoms with Crippen LogP contribution in [-0.4, -0.2) is 31.2 Å². The Morgan fingerprint density at radius 3 is 2.56 bits per heavy atom. The maximum atomic E-state index is 11.4. The Balaban J connectivity index is 2.03. The van der Waals surface area contributed by atoms with Crippen molar-refractivity contribution in [1.29, 1.82) is 0 Å². The number of ether oxygens (including phenoxy) is 2. The highest BCUT2D eigenvalue weighted by Crippen LogP contribution is 2.45. The summed E-state index contributed by atoms with van der Waals surface area (Å²) in [5.74, 6) is 0.890. The van der Waals surface area contributed by atoms with Crippen LogP contribution in [0, 0.1) is 11.3 Å². The van der Waals surface area contributed by atoms with Gasteiger partial charge in [-0.2, -0.15) is 0 Å². The van der Waals surface area contributed by atoms with Gasteiger partial charge in [0.2, 0.25) is 0 Å². The Kier molecular flexibility index (Phi) is 4.12. The average Bonchev–Trinajstić information content (AvgIpc) is 2.28. The highest BCUT2D eigenvalue weighted by Gasteiger charge is 2.43. The molecule has 1 spiro atoms. The van der Waals surface area contributed by atoms with Crippen molar-refractivity contribution in [3.63, 3.8) is 0 Å². The molecule has 0 aliphatic carbocycles. The van der Waals surface area contributed by atoms with Crippen molar-refractivity contribution in [2.75, 3.05) is 19.8 Å². The molecule has 104 valence electrons. The van der Waals surface area contributed by atoms with Gasteiger partial charge in [-0.1, -0.05) is 13.8 Å². The van der Waals surface area contributed by atoms with Crippen LogP contribution in [0.25, 0.3) is 0 Å². The van der Waals surface area contributed by atoms with E-state index in [9.17, 15) is 4.79 Å². The van der Waals surface area contributed by atoms with E-state index in [2.05, 4.69) is 13.8 Å². The van der Waals surface area contributed by atoms with Gasteiger partial charge in [0.25, 0.3) is 0 Å². The average molecular weight is 254 g/mol. The molecule has 3 nitrogen and oxygen atoms in total. The second-order valence-electron chi connectivity index (χ2n) is 6.70. The highest BCUT2D eigenvalue weighted by molar-refractivity contribution is 5.76. The minimum atomic E-state index is 0.0369. The molecule has 0 radical (unpaired) electrons. The summed E-state index contributed by atoms with van der Waals surface area (Å²) in [5.41, 5.74) is 0.135. The van der Waals surface area contributed by atoms with Gasteiger partial charge in [0.1, 0.15) is 5.78 Å². The van der Waals surface area contributed by atoms with Crippen molar-refractivity contribution in [2.24, 2.45) is 11.3 Å². The SMILES string of the molecule is CC(=O)CC(C)(C)C1CCOC2(CCOCC2)C1. The largest absolute Gasteiger partial charge is 0.381 e. The zero-order chi connectivity index (χ0) is 13.2. The van der Waals surface area contributed by atoms with Crippen LogP contribution in [0.1, 0.15) is 52.9 Å². The van der Waals surface area contributed by atoms with Gasteiger partial charge in [-0.3, -0.25) is 0 Å². The fourth-order valence-corrected chi connectivity index (χ4v) is 3.57. The van der Waals surface area contributed by atoms with Gasteiger partial charge in [-0.15, -0.1) is 0 Å². The minimum absolute atomic E-state index is 0.0369. The number of ketones is 1. The Morgan fingerprint density at radius 2 is 1.94 bits per heavy atom. The van der Waals surface area contributed by atoms with E-state index >= 15 is 0 Å². The fraction of sp³-hybridized carbons (Fsp3) is 0.933. The van der Waals surface area contributed by atoms with Crippen molar-refractivity contribution in [1.82, 2.24) is 0 Å². The van der Waals surface area contributed by atoms with Crippen LogP contribution < -0.4 is 0 Å². The zero-order valence-corrected chi connectivity index (χ0v) is 12.0. The third-order valence-corrected chi connectivity index (χ3v) is 4.71. The lowest BCUT2D eigenvalue weighted by Crippen LogP contribution is -2.47. The van der Waals surface area contributed by atoms with E-state index in [0.29, 0.717) is 18.1 Å². The van der Waals surface area contributed by atoms with E-state index in [1.54, 1.807) is 6.92 Å². The topological polar surface area (TPSA) is 35.5 Å². The molecule has 0 bridgehead atoms. The third-order valence-electron chi connectivity index (χ3n) is 4.71. The van der Waals surface area contributed by atoms with Crippen molar-refractivity contribution in [3.05, 3.63) is 0 Å². The summed E-state index contributed by atoms with van der Waals surface area (Å²) >= 11 is 0.